The fourth-order valence-corrected chi connectivity index (χ4v) is 2.17. The number of rotatable bonds is 5. The summed E-state index contributed by atoms with van der Waals surface area (Å²) in [5, 5.41) is 2.91. The average Bonchev–Trinajstić information content (AvgIpc) is 2.84. The van der Waals surface area contributed by atoms with E-state index in [4.69, 9.17) is 0 Å². The molecule has 18 heavy (non-hydrogen) atoms. The van der Waals surface area contributed by atoms with Crippen LogP contribution in [-0.4, -0.2) is 12.5 Å². The number of hydrogen-bond acceptors (Lipinski definition) is 1. The molecule has 1 aromatic rings. The van der Waals surface area contributed by atoms with Crippen LogP contribution in [0.1, 0.15) is 24.8 Å². The van der Waals surface area contributed by atoms with Crippen LogP contribution in [0.15, 0.2) is 36.4 Å². The Morgan fingerprint density at radius 2 is 2.11 bits per heavy atom. The summed E-state index contributed by atoms with van der Waals surface area (Å²) in [6.07, 6.45) is 7.77. The monoisotopic (exact) mass is 247 g/mol. The third-order valence-electron chi connectivity index (χ3n) is 3.21. The van der Waals surface area contributed by atoms with E-state index in [-0.39, 0.29) is 11.7 Å². The minimum Gasteiger partial charge on any atom is -0.356 e. The predicted molar refractivity (Wildman–Crippen MR) is 69.6 cm³/mol. The fourth-order valence-electron chi connectivity index (χ4n) is 2.17. The van der Waals surface area contributed by atoms with Crippen molar-refractivity contribution in [3.05, 3.63) is 47.8 Å². The number of amides is 1. The summed E-state index contributed by atoms with van der Waals surface area (Å²) in [5.41, 5.74) is 1.04. The van der Waals surface area contributed by atoms with Crippen molar-refractivity contribution < 1.29 is 9.18 Å². The van der Waals surface area contributed by atoms with Gasteiger partial charge >= 0.3 is 0 Å². The third kappa shape index (κ3) is 3.99. The highest BCUT2D eigenvalue weighted by Crippen LogP contribution is 2.19. The Labute approximate surface area is 107 Å². The van der Waals surface area contributed by atoms with Gasteiger partial charge in [-0.3, -0.25) is 4.79 Å². The summed E-state index contributed by atoms with van der Waals surface area (Å²) in [6, 6.07) is 6.39. The minimum absolute atomic E-state index is 0.105. The van der Waals surface area contributed by atoms with Crippen molar-refractivity contribution in [2.45, 2.75) is 25.7 Å². The Bertz CT molecular complexity index is 425. The average molecular weight is 247 g/mol. The van der Waals surface area contributed by atoms with Crippen molar-refractivity contribution >= 4 is 5.91 Å². The molecule has 2 nitrogen and oxygen atoms in total. The number of carbonyl (C=O) groups is 1. The Balaban J connectivity index is 1.66. The highest BCUT2D eigenvalue weighted by molar-refractivity contribution is 5.76. The molecule has 1 N–H and O–H groups in total. The van der Waals surface area contributed by atoms with E-state index in [1.165, 1.54) is 12.1 Å². The lowest BCUT2D eigenvalue weighted by molar-refractivity contribution is -0.121. The van der Waals surface area contributed by atoms with E-state index >= 15 is 0 Å². The standard InChI is InChI=1S/C15H18FNO/c16-14-7-5-12(6-8-14)9-10-17-15(18)11-13-3-1-2-4-13/h1,3,5-8,13H,2,4,9-11H2,(H,17,18)/t13-/m1/s1. The lowest BCUT2D eigenvalue weighted by Gasteiger charge is -2.08. The summed E-state index contributed by atoms with van der Waals surface area (Å²) in [5.74, 6) is 0.292. The molecule has 96 valence electrons. The number of nitrogens with one attached hydrogen (secondary N) is 1. The maximum absolute atomic E-state index is 12.7. The summed E-state index contributed by atoms with van der Waals surface area (Å²) >= 11 is 0. The maximum atomic E-state index is 12.7. The minimum atomic E-state index is -0.226. The molecule has 0 aromatic heterocycles. The van der Waals surface area contributed by atoms with E-state index in [9.17, 15) is 9.18 Å². The van der Waals surface area contributed by atoms with Crippen molar-refractivity contribution in [1.82, 2.24) is 5.32 Å². The molecule has 0 fully saturated rings. The van der Waals surface area contributed by atoms with Crippen LogP contribution in [0, 0.1) is 11.7 Å². The molecular formula is C15H18FNO. The number of benzene rings is 1. The van der Waals surface area contributed by atoms with E-state index in [0.29, 0.717) is 18.9 Å². The van der Waals surface area contributed by atoms with Gasteiger partial charge in [0, 0.05) is 13.0 Å². The van der Waals surface area contributed by atoms with Gasteiger partial charge in [0.1, 0.15) is 5.82 Å². The van der Waals surface area contributed by atoms with Gasteiger partial charge in [-0.15, -0.1) is 0 Å². The van der Waals surface area contributed by atoms with Crippen molar-refractivity contribution in [3.8, 4) is 0 Å². The zero-order valence-electron chi connectivity index (χ0n) is 10.4. The second-order valence-corrected chi connectivity index (χ2v) is 4.70. The normalized spacial score (nSPS) is 17.9. The molecule has 0 aliphatic heterocycles. The van der Waals surface area contributed by atoms with Crippen LogP contribution in [-0.2, 0) is 11.2 Å². The van der Waals surface area contributed by atoms with E-state index in [2.05, 4.69) is 17.5 Å². The molecule has 1 atom stereocenters. The van der Waals surface area contributed by atoms with Crippen molar-refractivity contribution in [2.24, 2.45) is 5.92 Å². The van der Waals surface area contributed by atoms with Crippen molar-refractivity contribution in [3.63, 3.8) is 0 Å². The number of allylic oxidation sites excluding steroid dienone is 2. The molecule has 3 heteroatoms. The molecule has 0 bridgehead atoms. The van der Waals surface area contributed by atoms with E-state index in [1.54, 1.807) is 12.1 Å². The smallest absolute Gasteiger partial charge is 0.220 e. The van der Waals surface area contributed by atoms with Crippen LogP contribution < -0.4 is 5.32 Å². The summed E-state index contributed by atoms with van der Waals surface area (Å²) in [6.45, 7) is 0.612. The van der Waals surface area contributed by atoms with E-state index in [0.717, 1.165) is 24.8 Å². The van der Waals surface area contributed by atoms with E-state index < -0.39 is 0 Å². The first kappa shape index (κ1) is 12.8. The molecule has 1 amide bonds. The van der Waals surface area contributed by atoms with Gasteiger partial charge in [-0.2, -0.15) is 0 Å². The molecule has 2 rings (SSSR count). The zero-order valence-corrected chi connectivity index (χ0v) is 10.4. The van der Waals surface area contributed by atoms with Crippen LogP contribution in [0.4, 0.5) is 4.39 Å². The largest absolute Gasteiger partial charge is 0.356 e. The molecule has 0 unspecified atom stereocenters. The molecule has 0 radical (unpaired) electrons. The van der Waals surface area contributed by atoms with E-state index in [1.807, 2.05) is 0 Å². The van der Waals surface area contributed by atoms with Gasteiger partial charge in [0.05, 0.1) is 0 Å². The SMILES string of the molecule is O=C(C[C@@H]1C=CCC1)NCCc1ccc(F)cc1. The Kier molecular flexibility index (Phi) is 4.51. The molecule has 1 aliphatic rings. The summed E-state index contributed by atoms with van der Waals surface area (Å²) < 4.78 is 12.7. The van der Waals surface area contributed by atoms with Gasteiger partial charge < -0.3 is 5.32 Å². The van der Waals surface area contributed by atoms with Gasteiger partial charge in [-0.05, 0) is 42.9 Å². The predicted octanol–water partition coefficient (Wildman–Crippen LogP) is 2.84. The van der Waals surface area contributed by atoms with Crippen LogP contribution in [0.2, 0.25) is 0 Å². The van der Waals surface area contributed by atoms with Gasteiger partial charge in [0.2, 0.25) is 5.91 Å². The van der Waals surface area contributed by atoms with Crippen molar-refractivity contribution in [2.75, 3.05) is 6.54 Å². The molecule has 0 saturated heterocycles. The highest BCUT2D eigenvalue weighted by atomic mass is 19.1. The lowest BCUT2D eigenvalue weighted by Crippen LogP contribution is -2.26. The molecular weight excluding hydrogens is 229 g/mol. The Hall–Kier alpha value is -1.64. The molecule has 0 spiro atoms. The number of carbonyl (C=O) groups excluding carboxylic acids is 1. The molecule has 1 aromatic carbocycles. The first-order valence-electron chi connectivity index (χ1n) is 6.42. The van der Waals surface area contributed by atoms with Crippen LogP contribution in [0.3, 0.4) is 0 Å². The second-order valence-electron chi connectivity index (χ2n) is 4.70. The molecule has 1 aliphatic carbocycles. The maximum Gasteiger partial charge on any atom is 0.220 e. The quantitative estimate of drug-likeness (QED) is 0.796. The summed E-state index contributed by atoms with van der Waals surface area (Å²) in [7, 11) is 0. The van der Waals surface area contributed by atoms with Crippen LogP contribution >= 0.6 is 0 Å². The van der Waals surface area contributed by atoms with Crippen LogP contribution in [0.5, 0.6) is 0 Å². The van der Waals surface area contributed by atoms with Crippen LogP contribution in [0.25, 0.3) is 0 Å². The van der Waals surface area contributed by atoms with Gasteiger partial charge in [-0.25, -0.2) is 4.39 Å². The number of halogens is 1. The fraction of sp³-hybridized carbons (Fsp3) is 0.400. The lowest BCUT2D eigenvalue weighted by atomic mass is 10.1. The van der Waals surface area contributed by atoms with Crippen molar-refractivity contribution in [1.29, 1.82) is 0 Å². The third-order valence-corrected chi connectivity index (χ3v) is 3.21. The van der Waals surface area contributed by atoms with Gasteiger partial charge in [0.25, 0.3) is 0 Å². The number of hydrogen-bond donors (Lipinski definition) is 1. The molecule has 0 heterocycles. The first-order valence-corrected chi connectivity index (χ1v) is 6.42. The second kappa shape index (κ2) is 6.34. The van der Waals surface area contributed by atoms with Gasteiger partial charge in [-0.1, -0.05) is 24.3 Å². The van der Waals surface area contributed by atoms with Gasteiger partial charge in [0.15, 0.2) is 0 Å². The highest BCUT2D eigenvalue weighted by Gasteiger charge is 2.13. The topological polar surface area (TPSA) is 29.1 Å². The summed E-state index contributed by atoms with van der Waals surface area (Å²) in [4.78, 5) is 11.6. The zero-order chi connectivity index (χ0) is 12.8. The molecule has 0 saturated carbocycles. The Morgan fingerprint density at radius 1 is 1.33 bits per heavy atom. The first-order chi connectivity index (χ1) is 8.74. The Morgan fingerprint density at radius 3 is 2.78 bits per heavy atom.